The van der Waals surface area contributed by atoms with E-state index in [4.69, 9.17) is 18.9 Å². The van der Waals surface area contributed by atoms with Gasteiger partial charge >= 0.3 is 12.4 Å². The number of methoxy groups -OCH3 is 2. The van der Waals surface area contributed by atoms with E-state index in [2.05, 4.69) is 9.97 Å². The van der Waals surface area contributed by atoms with Gasteiger partial charge in [-0.05, 0) is 47.5 Å². The predicted octanol–water partition coefficient (Wildman–Crippen LogP) is 9.94. The minimum atomic E-state index is -4.64. The number of rotatable bonds is 10. The molecule has 0 fully saturated rings. The summed E-state index contributed by atoms with van der Waals surface area (Å²) in [4.78, 5) is 18.2. The highest BCUT2D eigenvalue weighted by Crippen LogP contribution is 2.43. The molecule has 0 aliphatic rings. The standard InChI is InChI=1S/C22H17F3N2O2.C16H13F3O3/c1-28-19-12-16(22(23,24)25)15(21-26-17-9-5-6-10-18(17)27-21)11-20(19)29-13-14-7-3-2-4-8-14;1-21-14-8-13(16(17,18)19)12(9-20)7-15(14)22-10-11-5-3-2-4-6-11/h2-12H,13H2,1H3,(H,26,27);2-9H,10H2,1H3. The Hall–Kier alpha value is -5.98. The van der Waals surface area contributed by atoms with Crippen molar-refractivity contribution in [1.82, 2.24) is 9.97 Å². The number of benzene rings is 5. The van der Waals surface area contributed by atoms with Gasteiger partial charge in [0.05, 0.1) is 36.4 Å². The number of hydrogen-bond acceptors (Lipinski definition) is 6. The summed E-state index contributed by atoms with van der Waals surface area (Å²) in [6, 6.07) is 29.6. The minimum absolute atomic E-state index is 0.00752. The van der Waals surface area contributed by atoms with Crippen LogP contribution in [0.15, 0.2) is 109 Å². The van der Waals surface area contributed by atoms with Crippen molar-refractivity contribution in [2.75, 3.05) is 14.2 Å². The van der Waals surface area contributed by atoms with Gasteiger partial charge in [-0.25, -0.2) is 4.98 Å². The number of carbonyl (C=O) groups excluding carboxylic acids is 1. The molecule has 0 atom stereocenters. The smallest absolute Gasteiger partial charge is 0.417 e. The van der Waals surface area contributed by atoms with Gasteiger partial charge in [0, 0.05) is 11.1 Å². The Balaban J connectivity index is 0.000000206. The molecule has 0 aliphatic carbocycles. The number of nitrogens with one attached hydrogen (secondary N) is 1. The third-order valence-electron chi connectivity index (χ3n) is 7.50. The van der Waals surface area contributed by atoms with Crippen molar-refractivity contribution in [3.8, 4) is 34.4 Å². The van der Waals surface area contributed by atoms with Crippen molar-refractivity contribution in [3.05, 3.63) is 137 Å². The van der Waals surface area contributed by atoms with E-state index in [1.165, 1.54) is 20.3 Å². The zero-order valence-electron chi connectivity index (χ0n) is 27.1. The van der Waals surface area contributed by atoms with Crippen LogP contribution in [0.25, 0.3) is 22.4 Å². The second kappa shape index (κ2) is 15.7. The van der Waals surface area contributed by atoms with Crippen LogP contribution in [0.4, 0.5) is 26.3 Å². The first-order valence-electron chi connectivity index (χ1n) is 15.2. The van der Waals surface area contributed by atoms with Gasteiger partial charge in [-0.15, -0.1) is 0 Å². The third-order valence-corrected chi connectivity index (χ3v) is 7.50. The Kier molecular flexibility index (Phi) is 11.2. The van der Waals surface area contributed by atoms with Gasteiger partial charge in [-0.3, -0.25) is 4.79 Å². The molecule has 1 aromatic heterocycles. The molecule has 264 valence electrons. The van der Waals surface area contributed by atoms with Crippen molar-refractivity contribution in [3.63, 3.8) is 0 Å². The van der Waals surface area contributed by atoms with Crippen LogP contribution >= 0.6 is 0 Å². The van der Waals surface area contributed by atoms with Gasteiger partial charge in [0.15, 0.2) is 29.3 Å². The number of halogens is 6. The fourth-order valence-electron chi connectivity index (χ4n) is 5.00. The highest BCUT2D eigenvalue weighted by molar-refractivity contribution is 5.81. The van der Waals surface area contributed by atoms with Crippen LogP contribution in [0.5, 0.6) is 23.0 Å². The molecule has 0 aliphatic heterocycles. The summed E-state index contributed by atoms with van der Waals surface area (Å²) < 4.78 is 101. The highest BCUT2D eigenvalue weighted by atomic mass is 19.4. The Morgan fingerprint density at radius 2 is 1.12 bits per heavy atom. The Morgan fingerprint density at radius 3 is 1.61 bits per heavy atom. The van der Waals surface area contributed by atoms with Crippen LogP contribution < -0.4 is 18.9 Å². The van der Waals surface area contributed by atoms with E-state index in [0.29, 0.717) is 11.0 Å². The van der Waals surface area contributed by atoms with E-state index < -0.39 is 29.0 Å². The number of fused-ring (bicyclic) bond motifs is 1. The number of H-pyrrole nitrogens is 1. The number of imidazole rings is 1. The summed E-state index contributed by atoms with van der Waals surface area (Å²) in [5.74, 6) is 0.342. The Morgan fingerprint density at radius 1 is 0.627 bits per heavy atom. The summed E-state index contributed by atoms with van der Waals surface area (Å²) in [6.07, 6.45) is -9.07. The van der Waals surface area contributed by atoms with Crippen LogP contribution in [0.3, 0.4) is 0 Å². The van der Waals surface area contributed by atoms with Crippen molar-refractivity contribution in [1.29, 1.82) is 0 Å². The highest BCUT2D eigenvalue weighted by Gasteiger charge is 2.37. The maximum atomic E-state index is 13.8. The summed E-state index contributed by atoms with van der Waals surface area (Å²) in [6.45, 7) is 0.350. The number of ether oxygens (including phenoxy) is 4. The van der Waals surface area contributed by atoms with E-state index in [9.17, 15) is 31.1 Å². The van der Waals surface area contributed by atoms with Crippen LogP contribution in [0.1, 0.15) is 32.6 Å². The molecule has 1 heterocycles. The molecule has 6 rings (SSSR count). The molecule has 0 spiro atoms. The van der Waals surface area contributed by atoms with Crippen LogP contribution in [-0.4, -0.2) is 30.5 Å². The van der Waals surface area contributed by atoms with Gasteiger partial charge in [0.2, 0.25) is 0 Å². The van der Waals surface area contributed by atoms with Gasteiger partial charge in [0.1, 0.15) is 19.0 Å². The first-order valence-corrected chi connectivity index (χ1v) is 15.2. The van der Waals surface area contributed by atoms with Crippen LogP contribution in [0.2, 0.25) is 0 Å². The lowest BCUT2D eigenvalue weighted by Gasteiger charge is -2.17. The second-order valence-electron chi connectivity index (χ2n) is 10.9. The molecule has 0 unspecified atom stereocenters. The summed E-state index contributed by atoms with van der Waals surface area (Å²) in [5.41, 5.74) is 0.481. The number of aromatic amines is 1. The predicted molar refractivity (Wildman–Crippen MR) is 178 cm³/mol. The Bertz CT molecular complexity index is 2050. The number of hydrogen-bond donors (Lipinski definition) is 1. The summed E-state index contributed by atoms with van der Waals surface area (Å²) in [5, 5.41) is 0. The number of nitrogens with zero attached hydrogens (tertiary/aromatic N) is 1. The van der Waals surface area contributed by atoms with Gasteiger partial charge in [-0.1, -0.05) is 72.8 Å². The average molecular weight is 709 g/mol. The molecule has 13 heteroatoms. The molecular weight excluding hydrogens is 678 g/mol. The van der Waals surface area contributed by atoms with Gasteiger partial charge in [-0.2, -0.15) is 26.3 Å². The van der Waals surface area contributed by atoms with Crippen molar-refractivity contribution in [2.45, 2.75) is 25.6 Å². The summed E-state index contributed by atoms with van der Waals surface area (Å²) >= 11 is 0. The Labute approximate surface area is 288 Å². The number of carbonyl (C=O) groups is 1. The number of aromatic nitrogens is 2. The normalized spacial score (nSPS) is 11.4. The topological polar surface area (TPSA) is 82.7 Å². The van der Waals surface area contributed by atoms with Gasteiger partial charge in [0.25, 0.3) is 0 Å². The molecule has 0 saturated carbocycles. The molecule has 0 saturated heterocycles. The zero-order chi connectivity index (χ0) is 36.6. The molecular formula is C38H30F6N2O5. The second-order valence-corrected chi connectivity index (χ2v) is 10.9. The minimum Gasteiger partial charge on any atom is -0.493 e. The quantitative estimate of drug-likeness (QED) is 0.113. The molecule has 5 aromatic carbocycles. The molecule has 6 aromatic rings. The van der Waals surface area contributed by atoms with Crippen LogP contribution in [0, 0.1) is 0 Å². The maximum absolute atomic E-state index is 13.8. The molecule has 7 nitrogen and oxygen atoms in total. The van der Waals surface area contributed by atoms with Crippen molar-refractivity contribution < 1.29 is 50.1 Å². The van der Waals surface area contributed by atoms with Crippen molar-refractivity contribution >= 4 is 17.3 Å². The average Bonchev–Trinajstić information content (AvgIpc) is 3.57. The fourth-order valence-corrected chi connectivity index (χ4v) is 5.00. The van der Waals surface area contributed by atoms with Crippen LogP contribution in [-0.2, 0) is 25.6 Å². The fraction of sp³-hybridized carbons (Fsp3) is 0.158. The van der Waals surface area contributed by atoms with E-state index >= 15 is 0 Å². The zero-order valence-corrected chi connectivity index (χ0v) is 27.1. The number of aldehydes is 1. The van der Waals surface area contributed by atoms with E-state index in [1.807, 2.05) is 60.7 Å². The van der Waals surface area contributed by atoms with Crippen molar-refractivity contribution in [2.24, 2.45) is 0 Å². The van der Waals surface area contributed by atoms with E-state index in [0.717, 1.165) is 29.3 Å². The molecule has 0 radical (unpaired) electrons. The molecule has 1 N–H and O–H groups in total. The lowest BCUT2D eigenvalue weighted by atomic mass is 10.0. The van der Waals surface area contributed by atoms with Gasteiger partial charge < -0.3 is 23.9 Å². The monoisotopic (exact) mass is 708 g/mol. The molecule has 51 heavy (non-hydrogen) atoms. The maximum Gasteiger partial charge on any atom is 0.417 e. The molecule has 0 amide bonds. The number of para-hydroxylation sites is 2. The summed E-state index contributed by atoms with van der Waals surface area (Å²) in [7, 11) is 2.55. The lowest BCUT2D eigenvalue weighted by molar-refractivity contribution is -0.138. The number of alkyl halides is 6. The van der Waals surface area contributed by atoms with E-state index in [-0.39, 0.29) is 53.9 Å². The first kappa shape index (κ1) is 36.3. The van der Waals surface area contributed by atoms with E-state index in [1.54, 1.807) is 24.3 Å². The molecule has 0 bridgehead atoms. The largest absolute Gasteiger partial charge is 0.493 e. The lowest BCUT2D eigenvalue weighted by Crippen LogP contribution is -2.10. The third kappa shape index (κ3) is 8.98. The SMILES string of the molecule is COc1cc(C(F)(F)F)c(-c2nc3ccccc3[nH]2)cc1OCc1ccccc1.COc1cc(C(F)(F)F)c(C=O)cc1OCc1ccccc1. The first-order chi connectivity index (χ1) is 24.4.